The minimum atomic E-state index is -0.136. The highest BCUT2D eigenvalue weighted by Gasteiger charge is 2.63. The number of rotatable bonds is 2. The summed E-state index contributed by atoms with van der Waals surface area (Å²) in [6.45, 7) is 5.04. The Morgan fingerprint density at radius 1 is 0.585 bits per heavy atom. The maximum Gasteiger partial charge on any atom is 0.146 e. The summed E-state index contributed by atoms with van der Waals surface area (Å²) in [5.41, 5.74) is 16.8. The normalized spacial score (nSPS) is 25.4. The number of nitrogens with zero attached hydrogens (tertiary/aromatic N) is 2. The highest BCUT2D eigenvalue weighted by atomic mass is 32.1. The zero-order valence-electron chi connectivity index (χ0n) is 30.2. The fourth-order valence-corrected chi connectivity index (χ4v) is 14.2. The van der Waals surface area contributed by atoms with Crippen LogP contribution >= 0.6 is 11.3 Å². The topological polar surface area (TPSA) is 17.8 Å². The molecule has 2 heterocycles. The Kier molecular flexibility index (Phi) is 5.53. The fourth-order valence-electron chi connectivity index (χ4n) is 13.1. The summed E-state index contributed by atoms with van der Waals surface area (Å²) in [4.78, 5) is 5.49. The summed E-state index contributed by atoms with van der Waals surface area (Å²) in [6, 6.07) is 46.2. The number of para-hydroxylation sites is 2. The molecular formula is C50H40N2S. The monoisotopic (exact) mass is 700 g/mol. The Bertz CT molecular complexity index is 2870. The number of fused-ring (bicyclic) bond motifs is 11. The Hall–Kier alpha value is -4.99. The van der Waals surface area contributed by atoms with Crippen LogP contribution in [0, 0.1) is 23.7 Å². The van der Waals surface area contributed by atoms with Gasteiger partial charge < -0.3 is 0 Å². The minimum Gasteiger partial charge on any atom is -0.292 e. The van der Waals surface area contributed by atoms with Crippen LogP contribution in [0.5, 0.6) is 0 Å². The minimum absolute atomic E-state index is 0.122. The van der Waals surface area contributed by atoms with Gasteiger partial charge in [0, 0.05) is 42.3 Å². The number of hydrogen-bond acceptors (Lipinski definition) is 2. The molecule has 0 radical (unpaired) electrons. The van der Waals surface area contributed by atoms with Crippen LogP contribution in [0.3, 0.4) is 0 Å². The van der Waals surface area contributed by atoms with Crippen molar-refractivity contribution in [3.8, 4) is 39.3 Å². The van der Waals surface area contributed by atoms with Gasteiger partial charge in [-0.2, -0.15) is 0 Å². The third kappa shape index (κ3) is 3.54. The lowest BCUT2D eigenvalue weighted by Crippen LogP contribution is -2.55. The van der Waals surface area contributed by atoms with Crippen molar-refractivity contribution < 1.29 is 0 Å². The Morgan fingerprint density at radius 3 is 2.15 bits per heavy atom. The molecule has 2 aromatic heterocycles. The lowest BCUT2D eigenvalue weighted by molar-refractivity contribution is -0.0404. The van der Waals surface area contributed by atoms with Gasteiger partial charge in [-0.05, 0) is 131 Å². The molecule has 2 nitrogen and oxygen atoms in total. The predicted octanol–water partition coefficient (Wildman–Crippen LogP) is 13.1. The van der Waals surface area contributed by atoms with Crippen LogP contribution in [0.4, 0.5) is 0 Å². The molecule has 6 aliphatic rings. The third-order valence-corrected chi connectivity index (χ3v) is 15.9. The Balaban J connectivity index is 1.08. The molecule has 0 saturated heterocycles. The molecule has 0 unspecified atom stereocenters. The summed E-state index contributed by atoms with van der Waals surface area (Å²) in [6.07, 6.45) is 7.07. The lowest BCUT2D eigenvalue weighted by Gasteiger charge is -2.61. The average Bonchev–Trinajstić information content (AvgIpc) is 3.89. The van der Waals surface area contributed by atoms with Crippen molar-refractivity contribution >= 4 is 42.5 Å². The van der Waals surface area contributed by atoms with Crippen molar-refractivity contribution in [2.45, 2.75) is 56.8 Å². The van der Waals surface area contributed by atoms with E-state index in [9.17, 15) is 0 Å². The second-order valence-corrected chi connectivity index (χ2v) is 18.6. The van der Waals surface area contributed by atoms with E-state index >= 15 is 0 Å². The van der Waals surface area contributed by atoms with Gasteiger partial charge in [-0.1, -0.05) is 105 Å². The quantitative estimate of drug-likeness (QED) is 0.176. The molecule has 6 aromatic carbocycles. The van der Waals surface area contributed by atoms with Gasteiger partial charge in [0.05, 0.1) is 11.0 Å². The van der Waals surface area contributed by atoms with E-state index in [2.05, 4.69) is 140 Å². The number of thiophene rings is 1. The standard InChI is InChI=1S/C50H40N2S/c1-49(2)40-14-9-12-38(48-51-41-15-6-7-16-42(41)52(48)32-18-19-35-34-11-4-8-17-43(34)53-44(35)27-32)45(40)37-21-20-36-33-10-3-5-13-39(33)50(47(36)46(37)49)30-23-28-22-29(25-30)26-31(50)24-28/h3-21,27-31H,22-26H2,1-2H3. The molecule has 1 spiro atoms. The van der Waals surface area contributed by atoms with E-state index in [0.29, 0.717) is 0 Å². The van der Waals surface area contributed by atoms with Gasteiger partial charge in [0.1, 0.15) is 5.82 Å². The molecule has 4 saturated carbocycles. The second kappa shape index (κ2) is 9.95. The number of aromatic nitrogens is 2. The zero-order valence-corrected chi connectivity index (χ0v) is 31.0. The highest BCUT2D eigenvalue weighted by Crippen LogP contribution is 2.72. The number of hydrogen-bond donors (Lipinski definition) is 0. The van der Waals surface area contributed by atoms with Crippen LogP contribution in [0.25, 0.3) is 70.5 Å². The van der Waals surface area contributed by atoms with Crippen molar-refractivity contribution in [2.75, 3.05) is 0 Å². The van der Waals surface area contributed by atoms with Crippen LogP contribution in [-0.2, 0) is 10.8 Å². The van der Waals surface area contributed by atoms with Crippen LogP contribution in [-0.4, -0.2) is 9.55 Å². The predicted molar refractivity (Wildman–Crippen MR) is 220 cm³/mol. The first-order valence-corrected chi connectivity index (χ1v) is 20.6. The highest BCUT2D eigenvalue weighted by molar-refractivity contribution is 7.25. The molecule has 8 aromatic rings. The molecular weight excluding hydrogens is 661 g/mol. The van der Waals surface area contributed by atoms with Crippen LogP contribution in [0.1, 0.15) is 68.2 Å². The number of benzene rings is 6. The molecule has 3 heteroatoms. The summed E-state index contributed by atoms with van der Waals surface area (Å²) >= 11 is 1.88. The zero-order chi connectivity index (χ0) is 34.8. The molecule has 4 bridgehead atoms. The molecule has 0 atom stereocenters. The van der Waals surface area contributed by atoms with Crippen molar-refractivity contribution in [1.82, 2.24) is 9.55 Å². The first kappa shape index (κ1) is 29.5. The van der Waals surface area contributed by atoms with Gasteiger partial charge in [0.2, 0.25) is 0 Å². The van der Waals surface area contributed by atoms with E-state index in [1.165, 1.54) is 91.3 Å². The Morgan fingerprint density at radius 2 is 1.28 bits per heavy atom. The van der Waals surface area contributed by atoms with Crippen LogP contribution < -0.4 is 0 Å². The molecule has 6 aliphatic carbocycles. The number of imidazole rings is 1. The van der Waals surface area contributed by atoms with Crippen molar-refractivity contribution in [3.05, 3.63) is 144 Å². The first-order valence-electron chi connectivity index (χ1n) is 19.8. The molecule has 53 heavy (non-hydrogen) atoms. The van der Waals surface area contributed by atoms with E-state index in [0.717, 1.165) is 40.5 Å². The Labute approximate surface area is 314 Å². The van der Waals surface area contributed by atoms with Gasteiger partial charge in [-0.3, -0.25) is 4.57 Å². The van der Waals surface area contributed by atoms with E-state index in [-0.39, 0.29) is 10.8 Å². The van der Waals surface area contributed by atoms with E-state index in [4.69, 9.17) is 4.98 Å². The van der Waals surface area contributed by atoms with Crippen LogP contribution in [0.15, 0.2) is 121 Å². The van der Waals surface area contributed by atoms with E-state index in [1.807, 2.05) is 11.3 Å². The molecule has 256 valence electrons. The van der Waals surface area contributed by atoms with Gasteiger partial charge in [-0.25, -0.2) is 4.98 Å². The SMILES string of the molecule is CC1(C)c2cccc(-c3nc4ccccc4n3-c3ccc4c(c3)sc3ccccc34)c2-c2ccc3c(c21)C1(c2ccccc2-3)C2CC3CC(C2)CC1C3. The van der Waals surface area contributed by atoms with E-state index < -0.39 is 0 Å². The average molecular weight is 701 g/mol. The van der Waals surface area contributed by atoms with Crippen molar-refractivity contribution in [2.24, 2.45) is 23.7 Å². The lowest BCUT2D eigenvalue weighted by atomic mass is 9.42. The molecule has 0 aliphatic heterocycles. The van der Waals surface area contributed by atoms with Crippen molar-refractivity contribution in [1.29, 1.82) is 0 Å². The molecule has 14 rings (SSSR count). The maximum atomic E-state index is 5.49. The van der Waals surface area contributed by atoms with Crippen molar-refractivity contribution in [3.63, 3.8) is 0 Å². The maximum absolute atomic E-state index is 5.49. The summed E-state index contributed by atoms with van der Waals surface area (Å²) < 4.78 is 5.08. The summed E-state index contributed by atoms with van der Waals surface area (Å²) in [5, 5.41) is 2.66. The van der Waals surface area contributed by atoms with Gasteiger partial charge in [-0.15, -0.1) is 11.3 Å². The van der Waals surface area contributed by atoms with Gasteiger partial charge >= 0.3 is 0 Å². The van der Waals surface area contributed by atoms with Gasteiger partial charge in [0.15, 0.2) is 0 Å². The third-order valence-electron chi connectivity index (χ3n) is 14.8. The summed E-state index contributed by atoms with van der Waals surface area (Å²) in [7, 11) is 0. The van der Waals surface area contributed by atoms with Gasteiger partial charge in [0.25, 0.3) is 0 Å². The van der Waals surface area contributed by atoms with Crippen LogP contribution in [0.2, 0.25) is 0 Å². The smallest absolute Gasteiger partial charge is 0.146 e. The first-order chi connectivity index (χ1) is 26.0. The molecule has 0 amide bonds. The molecule has 0 N–H and O–H groups in total. The fraction of sp³-hybridized carbons (Fsp3) is 0.260. The largest absolute Gasteiger partial charge is 0.292 e. The summed E-state index contributed by atoms with van der Waals surface area (Å²) in [5.74, 6) is 4.35. The van der Waals surface area contributed by atoms with E-state index in [1.54, 1.807) is 16.7 Å². The molecule has 4 fully saturated rings. The second-order valence-electron chi connectivity index (χ2n) is 17.5.